The maximum absolute atomic E-state index is 9.00. The van der Waals surface area contributed by atoms with Crippen molar-refractivity contribution in [3.8, 4) is 0 Å². The molecule has 0 aliphatic heterocycles. The van der Waals surface area contributed by atoms with E-state index in [0.29, 0.717) is 0 Å². The largest absolute Gasteiger partial charge is 0.481 e. The predicted molar refractivity (Wildman–Crippen MR) is 72.4 cm³/mol. The lowest BCUT2D eigenvalue weighted by atomic mass is 10.8. The molecular weight excluding hydrogens is 250 g/mol. The number of nitrogens with two attached hydrogens (primary N) is 4. The molecule has 0 aliphatic rings. The molecule has 0 radical (unpaired) electrons. The number of carboxylic acids is 1. The Morgan fingerprint density at radius 3 is 1.50 bits per heavy atom. The third-order valence-electron chi connectivity index (χ3n) is 0.486. The monoisotopic (exact) mass is 271 g/mol. The van der Waals surface area contributed by atoms with Gasteiger partial charge in [0, 0.05) is 31.5 Å². The first-order valence-corrected chi connectivity index (χ1v) is 6.80. The molecule has 0 saturated carbocycles. The highest BCUT2D eigenvalue weighted by Crippen LogP contribution is 2.18. The number of carboxylic acid groups (broad SMARTS) is 1. The van der Waals surface area contributed by atoms with E-state index in [1.54, 1.807) is 21.6 Å². The van der Waals surface area contributed by atoms with Crippen LogP contribution in [0.15, 0.2) is 0 Å². The van der Waals surface area contributed by atoms with Crippen LogP contribution in [0.2, 0.25) is 0 Å². The van der Waals surface area contributed by atoms with Crippen molar-refractivity contribution < 1.29 is 9.90 Å². The minimum absolute atomic E-state index is 0.333. The fourth-order valence-electron chi connectivity index (χ4n) is 0.214. The van der Waals surface area contributed by atoms with Crippen LogP contribution < -0.4 is 22.9 Å². The van der Waals surface area contributed by atoms with Gasteiger partial charge in [-0.25, -0.2) is 0 Å². The van der Waals surface area contributed by atoms with Crippen molar-refractivity contribution >= 4 is 33.5 Å². The average Bonchev–Trinajstić information content (AvgIpc) is 2.11. The summed E-state index contributed by atoms with van der Waals surface area (Å²) in [5, 5.41) is 13.5. The fraction of sp³-hybridized carbons (Fsp3) is 0.714. The molecule has 0 atom stereocenters. The van der Waals surface area contributed by atoms with Crippen molar-refractivity contribution in [2.24, 2.45) is 22.9 Å². The van der Waals surface area contributed by atoms with Gasteiger partial charge in [-0.05, 0) is 0 Å². The lowest BCUT2D eigenvalue weighted by Crippen LogP contribution is -2.20. The van der Waals surface area contributed by atoms with Gasteiger partial charge in [-0.1, -0.05) is 21.6 Å². The van der Waals surface area contributed by atoms with Gasteiger partial charge in [-0.15, -0.1) is 0 Å². The number of rotatable bonds is 5. The van der Waals surface area contributed by atoms with Crippen molar-refractivity contribution in [3.05, 3.63) is 0 Å². The minimum atomic E-state index is -0.833. The molecular formula is C7H21N5O2S2. The summed E-state index contributed by atoms with van der Waals surface area (Å²) in [5.74, 6) is 0.898. The topological polar surface area (TPSA) is 165 Å². The molecule has 0 aromatic rings. The van der Waals surface area contributed by atoms with Crippen molar-refractivity contribution in [3.63, 3.8) is 0 Å². The molecule has 0 amide bonds. The number of aliphatic carboxylic acids is 1. The second-order valence-electron chi connectivity index (χ2n) is 2.20. The Hall–Kier alpha value is -0.640. The maximum atomic E-state index is 9.00. The minimum Gasteiger partial charge on any atom is -0.481 e. The summed E-state index contributed by atoms with van der Waals surface area (Å²) in [6.07, 6.45) is 0. The van der Waals surface area contributed by atoms with E-state index >= 15 is 0 Å². The van der Waals surface area contributed by atoms with Gasteiger partial charge >= 0.3 is 0 Å². The molecule has 0 aliphatic carbocycles. The van der Waals surface area contributed by atoms with Gasteiger partial charge in [0.25, 0.3) is 5.97 Å². The van der Waals surface area contributed by atoms with Crippen molar-refractivity contribution in [2.75, 3.05) is 24.6 Å². The van der Waals surface area contributed by atoms with Crippen LogP contribution in [0.25, 0.3) is 0 Å². The third-order valence-corrected chi connectivity index (χ3v) is 2.96. The summed E-state index contributed by atoms with van der Waals surface area (Å²) in [6, 6.07) is 0. The summed E-state index contributed by atoms with van der Waals surface area (Å²) in [4.78, 5) is 9.00. The molecule has 0 bridgehead atoms. The van der Waals surface area contributed by atoms with E-state index < -0.39 is 5.97 Å². The molecule has 0 aromatic carbocycles. The van der Waals surface area contributed by atoms with Crippen LogP contribution in [0.4, 0.5) is 0 Å². The Morgan fingerprint density at radius 1 is 1.19 bits per heavy atom. The van der Waals surface area contributed by atoms with Gasteiger partial charge in [0.1, 0.15) is 0 Å². The van der Waals surface area contributed by atoms with Crippen LogP contribution in [0, 0.1) is 5.41 Å². The molecule has 0 heterocycles. The summed E-state index contributed by atoms with van der Waals surface area (Å²) in [5.41, 5.74) is 19.4. The molecule has 16 heavy (non-hydrogen) atoms. The molecule has 9 heteroatoms. The molecule has 0 fully saturated rings. The molecule has 0 rings (SSSR count). The van der Waals surface area contributed by atoms with E-state index in [1.807, 2.05) is 0 Å². The molecule has 10 N–H and O–H groups in total. The Balaban J connectivity index is -0.000000179. The first-order chi connectivity index (χ1) is 7.38. The standard InChI is InChI=1S/C4H12N2S2.C2H4O2.CH5N3/c5-1-3-7-8-4-2-6;1-2(3)4;2-1(3)4/h1-6H2;1H3,(H,3,4);(H5,2,3,4). The van der Waals surface area contributed by atoms with Crippen LogP contribution >= 0.6 is 21.6 Å². The lowest BCUT2D eigenvalue weighted by molar-refractivity contribution is -0.134. The van der Waals surface area contributed by atoms with Gasteiger partial charge in [0.15, 0.2) is 5.96 Å². The quantitative estimate of drug-likeness (QED) is 0.164. The van der Waals surface area contributed by atoms with E-state index in [0.717, 1.165) is 31.5 Å². The normalized spacial score (nSPS) is 7.94. The summed E-state index contributed by atoms with van der Waals surface area (Å²) in [7, 11) is 3.58. The van der Waals surface area contributed by atoms with Crippen molar-refractivity contribution in [1.82, 2.24) is 0 Å². The zero-order valence-electron chi connectivity index (χ0n) is 9.31. The van der Waals surface area contributed by atoms with Gasteiger partial charge in [0.2, 0.25) is 0 Å². The zero-order valence-corrected chi connectivity index (χ0v) is 10.9. The highest BCUT2D eigenvalue weighted by Gasteiger charge is 1.84. The average molecular weight is 271 g/mol. The summed E-state index contributed by atoms with van der Waals surface area (Å²) in [6.45, 7) is 2.62. The van der Waals surface area contributed by atoms with Gasteiger partial charge in [0.05, 0.1) is 0 Å². The van der Waals surface area contributed by atoms with Crippen molar-refractivity contribution in [1.29, 1.82) is 5.41 Å². The molecule has 0 spiro atoms. The first kappa shape index (κ1) is 20.7. The first-order valence-electron chi connectivity index (χ1n) is 4.32. The molecule has 7 nitrogen and oxygen atoms in total. The molecule has 0 aromatic heterocycles. The maximum Gasteiger partial charge on any atom is 0.300 e. The fourth-order valence-corrected chi connectivity index (χ4v) is 1.93. The zero-order chi connectivity index (χ0) is 13.4. The second-order valence-corrected chi connectivity index (χ2v) is 4.90. The predicted octanol–water partition coefficient (Wildman–Crippen LogP) is -0.785. The number of hydrogen-bond donors (Lipinski definition) is 6. The van der Waals surface area contributed by atoms with Crippen LogP contribution in [0.5, 0.6) is 0 Å². The summed E-state index contributed by atoms with van der Waals surface area (Å²) >= 11 is 0. The van der Waals surface area contributed by atoms with E-state index in [4.69, 9.17) is 26.8 Å². The van der Waals surface area contributed by atoms with Crippen LogP contribution in [-0.2, 0) is 4.79 Å². The Bertz CT molecular complexity index is 145. The second kappa shape index (κ2) is 19.9. The van der Waals surface area contributed by atoms with Gasteiger partial charge < -0.3 is 28.0 Å². The van der Waals surface area contributed by atoms with Crippen LogP contribution in [0.1, 0.15) is 6.92 Å². The molecule has 0 saturated heterocycles. The molecule has 0 unspecified atom stereocenters. The van der Waals surface area contributed by atoms with Crippen LogP contribution in [-0.4, -0.2) is 41.6 Å². The van der Waals surface area contributed by atoms with E-state index in [2.05, 4.69) is 11.5 Å². The Morgan fingerprint density at radius 2 is 1.38 bits per heavy atom. The number of guanidine groups is 1. The Kier molecular flexibility index (Phi) is 25.7. The lowest BCUT2D eigenvalue weighted by Gasteiger charge is -1.93. The smallest absolute Gasteiger partial charge is 0.300 e. The Labute approximate surface area is 104 Å². The van der Waals surface area contributed by atoms with Crippen LogP contribution in [0.3, 0.4) is 0 Å². The van der Waals surface area contributed by atoms with E-state index in [9.17, 15) is 0 Å². The number of nitrogens with one attached hydrogen (secondary N) is 1. The SMILES string of the molecule is CC(=O)O.N=C(N)N.NCCSSCCN. The summed E-state index contributed by atoms with van der Waals surface area (Å²) < 4.78 is 0. The number of carbonyl (C=O) groups is 1. The third kappa shape index (κ3) is 107. The number of hydrogen-bond acceptors (Lipinski definition) is 6. The highest BCUT2D eigenvalue weighted by molar-refractivity contribution is 8.76. The van der Waals surface area contributed by atoms with Gasteiger partial charge in [-0.3, -0.25) is 10.2 Å². The molecule has 98 valence electrons. The van der Waals surface area contributed by atoms with Gasteiger partial charge in [-0.2, -0.15) is 0 Å². The van der Waals surface area contributed by atoms with E-state index in [-0.39, 0.29) is 5.96 Å². The van der Waals surface area contributed by atoms with Crippen molar-refractivity contribution in [2.45, 2.75) is 6.92 Å². The van der Waals surface area contributed by atoms with E-state index in [1.165, 1.54) is 0 Å². The highest BCUT2D eigenvalue weighted by atomic mass is 33.1.